The van der Waals surface area contributed by atoms with Gasteiger partial charge in [0.05, 0.1) is 17.7 Å². The smallest absolute Gasteiger partial charge is 0.354 e. The predicted molar refractivity (Wildman–Crippen MR) is 107 cm³/mol. The van der Waals surface area contributed by atoms with Crippen molar-refractivity contribution >= 4 is 29.2 Å². The van der Waals surface area contributed by atoms with Gasteiger partial charge in [0, 0.05) is 18.4 Å². The molecule has 0 saturated carbocycles. The number of alkyl halides is 3. The van der Waals surface area contributed by atoms with Gasteiger partial charge in [0.2, 0.25) is 5.60 Å². The largest absolute Gasteiger partial charge is 0.416 e. The molecule has 1 fully saturated rings. The number of pyridine rings is 1. The molecule has 0 radical (unpaired) electrons. The molecule has 1 aromatic heterocycles. The summed E-state index contributed by atoms with van der Waals surface area (Å²) >= 11 is 0. The number of hydrogen-bond acceptors (Lipinski definition) is 6. The number of nitrogens with zero attached hydrogens (tertiary/aromatic N) is 1. The van der Waals surface area contributed by atoms with Crippen molar-refractivity contribution in [1.29, 1.82) is 0 Å². The molecule has 170 valence electrons. The SMILES string of the molecule is CCC1(C(=O)NNC(=O)c2cccnc2Nc2ccc(C(F)(F)F)cc2)OCCNC1=O. The zero-order valence-corrected chi connectivity index (χ0v) is 16.9. The number of amides is 3. The van der Waals surface area contributed by atoms with Gasteiger partial charge >= 0.3 is 6.18 Å². The van der Waals surface area contributed by atoms with E-state index in [1.807, 2.05) is 0 Å². The Bertz CT molecular complexity index is 1010. The fraction of sp³-hybridized carbons (Fsp3) is 0.300. The van der Waals surface area contributed by atoms with Crippen molar-refractivity contribution in [2.75, 3.05) is 18.5 Å². The number of anilines is 2. The van der Waals surface area contributed by atoms with E-state index in [1.54, 1.807) is 6.92 Å². The number of ether oxygens (including phenoxy) is 1. The van der Waals surface area contributed by atoms with Crippen LogP contribution in [0.25, 0.3) is 0 Å². The summed E-state index contributed by atoms with van der Waals surface area (Å²) < 4.78 is 43.6. The van der Waals surface area contributed by atoms with Gasteiger partial charge in [-0.05, 0) is 42.8 Å². The van der Waals surface area contributed by atoms with Gasteiger partial charge in [-0.3, -0.25) is 25.2 Å². The summed E-state index contributed by atoms with van der Waals surface area (Å²) in [5, 5.41) is 5.31. The lowest BCUT2D eigenvalue weighted by atomic mass is 9.97. The molecule has 4 N–H and O–H groups in total. The summed E-state index contributed by atoms with van der Waals surface area (Å²) in [6, 6.07) is 7.06. The monoisotopic (exact) mass is 451 g/mol. The van der Waals surface area contributed by atoms with Gasteiger partial charge in [0.25, 0.3) is 17.7 Å². The fourth-order valence-corrected chi connectivity index (χ4v) is 3.04. The molecular weight excluding hydrogens is 431 g/mol. The van der Waals surface area contributed by atoms with Crippen molar-refractivity contribution < 1.29 is 32.3 Å². The maximum atomic E-state index is 12.7. The predicted octanol–water partition coefficient (Wildman–Crippen LogP) is 1.90. The van der Waals surface area contributed by atoms with Crippen LogP contribution in [0.15, 0.2) is 42.6 Å². The van der Waals surface area contributed by atoms with Gasteiger partial charge in [-0.25, -0.2) is 4.98 Å². The molecule has 1 atom stereocenters. The zero-order chi connectivity index (χ0) is 23.4. The molecule has 12 heteroatoms. The van der Waals surface area contributed by atoms with Crippen molar-refractivity contribution in [3.05, 3.63) is 53.7 Å². The molecule has 32 heavy (non-hydrogen) atoms. The average molecular weight is 451 g/mol. The maximum Gasteiger partial charge on any atom is 0.416 e. The van der Waals surface area contributed by atoms with Gasteiger partial charge in [-0.2, -0.15) is 13.2 Å². The van der Waals surface area contributed by atoms with Crippen LogP contribution in [0.2, 0.25) is 0 Å². The quantitative estimate of drug-likeness (QED) is 0.407. The summed E-state index contributed by atoms with van der Waals surface area (Å²) in [5.41, 5.74) is 2.09. The standard InChI is InChI=1S/C20H20F3N5O4/c1-2-19(17(30)25-10-11-32-19)18(31)28-27-16(29)14-4-3-9-24-15(14)26-13-7-5-12(6-8-13)20(21,22)23/h3-9H,2,10-11H2,1H3,(H,24,26)(H,25,30)(H,27,29)(H,28,31). The van der Waals surface area contributed by atoms with Crippen molar-refractivity contribution in [2.24, 2.45) is 0 Å². The van der Waals surface area contributed by atoms with E-state index in [0.29, 0.717) is 0 Å². The lowest BCUT2D eigenvalue weighted by Crippen LogP contribution is -2.64. The normalized spacial score (nSPS) is 18.4. The zero-order valence-electron chi connectivity index (χ0n) is 16.9. The Hall–Kier alpha value is -3.67. The second kappa shape index (κ2) is 9.22. The Kier molecular flexibility index (Phi) is 6.63. The third-order valence-corrected chi connectivity index (χ3v) is 4.78. The number of morpholine rings is 1. The number of hydrogen-bond donors (Lipinski definition) is 4. The highest BCUT2D eigenvalue weighted by atomic mass is 19.4. The molecule has 2 heterocycles. The van der Waals surface area contributed by atoms with Crippen LogP contribution in [-0.4, -0.2) is 41.5 Å². The van der Waals surface area contributed by atoms with Gasteiger partial charge in [0.1, 0.15) is 5.82 Å². The van der Waals surface area contributed by atoms with Crippen LogP contribution in [-0.2, 0) is 20.5 Å². The molecule has 1 aliphatic rings. The number of rotatable bonds is 5. The van der Waals surface area contributed by atoms with Gasteiger partial charge in [-0.1, -0.05) is 6.92 Å². The minimum atomic E-state index is -4.47. The molecule has 1 saturated heterocycles. The average Bonchev–Trinajstić information content (AvgIpc) is 2.78. The van der Waals surface area contributed by atoms with Crippen LogP contribution < -0.4 is 21.5 Å². The molecule has 1 aliphatic heterocycles. The van der Waals surface area contributed by atoms with Crippen LogP contribution in [0.5, 0.6) is 0 Å². The molecule has 2 aromatic rings. The van der Waals surface area contributed by atoms with E-state index in [4.69, 9.17) is 4.74 Å². The van der Waals surface area contributed by atoms with Crippen molar-refractivity contribution in [3.8, 4) is 0 Å². The van der Waals surface area contributed by atoms with E-state index in [1.165, 1.54) is 30.5 Å². The second-order valence-electron chi connectivity index (χ2n) is 6.79. The van der Waals surface area contributed by atoms with Gasteiger partial charge in [0.15, 0.2) is 0 Å². The Labute approximate surface area is 180 Å². The number of carbonyl (C=O) groups excluding carboxylic acids is 3. The first-order chi connectivity index (χ1) is 15.2. The molecule has 1 aromatic carbocycles. The lowest BCUT2D eigenvalue weighted by Gasteiger charge is -2.33. The molecule has 3 rings (SSSR count). The topological polar surface area (TPSA) is 121 Å². The van der Waals surface area contributed by atoms with Crippen molar-refractivity contribution in [3.63, 3.8) is 0 Å². The molecule has 0 aliphatic carbocycles. The summed E-state index contributed by atoms with van der Waals surface area (Å²) in [6.45, 7) is 2.01. The highest BCUT2D eigenvalue weighted by Crippen LogP contribution is 2.30. The fourth-order valence-electron chi connectivity index (χ4n) is 3.04. The first kappa shape index (κ1) is 23.0. The molecule has 1 unspecified atom stereocenters. The van der Waals surface area contributed by atoms with Gasteiger partial charge in [-0.15, -0.1) is 0 Å². The van der Waals surface area contributed by atoms with Crippen molar-refractivity contribution in [2.45, 2.75) is 25.1 Å². The van der Waals surface area contributed by atoms with E-state index in [0.717, 1.165) is 12.1 Å². The molecule has 9 nitrogen and oxygen atoms in total. The summed E-state index contributed by atoms with van der Waals surface area (Å²) in [7, 11) is 0. The second-order valence-corrected chi connectivity index (χ2v) is 6.79. The number of halogens is 3. The molecular formula is C20H20F3N5O4. The van der Waals surface area contributed by atoms with Crippen LogP contribution in [0.1, 0.15) is 29.3 Å². The summed E-state index contributed by atoms with van der Waals surface area (Å²) in [4.78, 5) is 41.3. The minimum absolute atomic E-state index is 0.00672. The van der Waals surface area contributed by atoms with Crippen molar-refractivity contribution in [1.82, 2.24) is 21.2 Å². The third kappa shape index (κ3) is 4.80. The first-order valence-corrected chi connectivity index (χ1v) is 9.59. The Morgan fingerprint density at radius 3 is 2.53 bits per heavy atom. The van der Waals surface area contributed by atoms with E-state index >= 15 is 0 Å². The van der Waals surface area contributed by atoms with E-state index in [2.05, 4.69) is 26.5 Å². The highest BCUT2D eigenvalue weighted by Gasteiger charge is 2.47. The molecule has 0 spiro atoms. The van der Waals surface area contributed by atoms with Crippen LogP contribution >= 0.6 is 0 Å². The molecule has 0 bridgehead atoms. The Morgan fingerprint density at radius 2 is 1.91 bits per heavy atom. The van der Waals surface area contributed by atoms with Crippen LogP contribution in [0.3, 0.4) is 0 Å². The van der Waals surface area contributed by atoms with Crippen LogP contribution in [0, 0.1) is 0 Å². The third-order valence-electron chi connectivity index (χ3n) is 4.78. The maximum absolute atomic E-state index is 12.7. The molecule has 3 amide bonds. The summed E-state index contributed by atoms with van der Waals surface area (Å²) in [5.74, 6) is -2.16. The number of aromatic nitrogens is 1. The lowest BCUT2D eigenvalue weighted by molar-refractivity contribution is -0.167. The number of hydrazine groups is 1. The highest BCUT2D eigenvalue weighted by molar-refractivity contribution is 6.09. The number of carbonyl (C=O) groups is 3. The summed E-state index contributed by atoms with van der Waals surface area (Å²) in [6.07, 6.45) is -3.04. The number of nitrogens with one attached hydrogen (secondary N) is 4. The Morgan fingerprint density at radius 1 is 1.19 bits per heavy atom. The Balaban J connectivity index is 1.70. The van der Waals surface area contributed by atoms with Gasteiger partial charge < -0.3 is 15.4 Å². The minimum Gasteiger partial charge on any atom is -0.354 e. The first-order valence-electron chi connectivity index (χ1n) is 9.59. The van der Waals surface area contributed by atoms with Crippen LogP contribution in [0.4, 0.5) is 24.7 Å². The van der Waals surface area contributed by atoms with E-state index in [-0.39, 0.29) is 36.6 Å². The van der Waals surface area contributed by atoms with E-state index < -0.39 is 35.1 Å². The number of benzene rings is 1. The van der Waals surface area contributed by atoms with E-state index in [9.17, 15) is 27.6 Å².